The smallest absolute Gasteiger partial charge is 0.242 e. The zero-order valence-corrected chi connectivity index (χ0v) is 9.60. The van der Waals surface area contributed by atoms with E-state index in [4.69, 9.17) is 0 Å². The molecule has 0 aliphatic carbocycles. The normalized spacial score (nSPS) is 10.9. The van der Waals surface area contributed by atoms with Crippen molar-refractivity contribution in [1.82, 2.24) is 19.4 Å². The molecular weight excluding hydrogens is 204 g/mol. The second kappa shape index (κ2) is 4.38. The van der Waals surface area contributed by atoms with Crippen LogP contribution in [0.4, 0.5) is 0 Å². The van der Waals surface area contributed by atoms with Crippen molar-refractivity contribution in [3.63, 3.8) is 0 Å². The second-order valence-electron chi connectivity index (χ2n) is 3.65. The van der Waals surface area contributed by atoms with Crippen LogP contribution in [0.1, 0.15) is 13.8 Å². The molecule has 0 radical (unpaired) electrons. The van der Waals surface area contributed by atoms with Crippen LogP contribution < -0.4 is 0 Å². The summed E-state index contributed by atoms with van der Waals surface area (Å²) in [5.41, 5.74) is 1.80. The summed E-state index contributed by atoms with van der Waals surface area (Å²) >= 11 is 0. The molecule has 0 unspecified atom stereocenters. The van der Waals surface area contributed by atoms with E-state index >= 15 is 0 Å². The van der Waals surface area contributed by atoms with Crippen LogP contribution in [-0.4, -0.2) is 38.4 Å². The van der Waals surface area contributed by atoms with Gasteiger partial charge in [0.05, 0.1) is 6.33 Å². The van der Waals surface area contributed by atoms with Crippen molar-refractivity contribution in [1.29, 1.82) is 0 Å². The molecule has 2 aromatic heterocycles. The van der Waals surface area contributed by atoms with E-state index in [-0.39, 0.29) is 5.91 Å². The number of carbonyl (C=O) groups excluding carboxylic acids is 1. The van der Waals surface area contributed by atoms with Gasteiger partial charge < -0.3 is 14.5 Å². The number of aromatic nitrogens is 3. The number of imidazole rings is 1. The van der Waals surface area contributed by atoms with Gasteiger partial charge in [0.25, 0.3) is 0 Å². The zero-order chi connectivity index (χ0) is 11.5. The van der Waals surface area contributed by atoms with Crippen LogP contribution in [0.15, 0.2) is 18.6 Å². The lowest BCUT2D eigenvalue weighted by molar-refractivity contribution is -0.131. The molecule has 2 heterocycles. The molecule has 0 saturated heterocycles. The number of nitrogens with zero attached hydrogens (tertiary/aromatic N) is 3. The van der Waals surface area contributed by atoms with Crippen molar-refractivity contribution in [2.75, 3.05) is 13.1 Å². The van der Waals surface area contributed by atoms with Gasteiger partial charge in [0.1, 0.15) is 17.7 Å². The van der Waals surface area contributed by atoms with E-state index in [0.717, 1.165) is 24.3 Å². The number of H-pyrrole nitrogens is 1. The van der Waals surface area contributed by atoms with Gasteiger partial charge in [-0.3, -0.25) is 4.79 Å². The number of nitrogens with one attached hydrogen (secondary N) is 1. The van der Waals surface area contributed by atoms with E-state index in [1.807, 2.05) is 35.6 Å². The molecule has 2 rings (SSSR count). The van der Waals surface area contributed by atoms with E-state index in [1.54, 1.807) is 6.33 Å². The first-order valence-corrected chi connectivity index (χ1v) is 5.52. The Bertz CT molecular complexity index is 481. The summed E-state index contributed by atoms with van der Waals surface area (Å²) in [7, 11) is 0. The van der Waals surface area contributed by atoms with Crippen molar-refractivity contribution in [2.24, 2.45) is 0 Å². The lowest BCUT2D eigenvalue weighted by Crippen LogP contribution is -2.33. The Hall–Kier alpha value is -1.78. The number of hydrogen-bond acceptors (Lipinski definition) is 2. The number of hydrogen-bond donors (Lipinski definition) is 1. The first-order valence-electron chi connectivity index (χ1n) is 5.52. The summed E-state index contributed by atoms with van der Waals surface area (Å²) < 4.78 is 1.84. The Kier molecular flexibility index (Phi) is 2.94. The van der Waals surface area contributed by atoms with Crippen LogP contribution in [0.3, 0.4) is 0 Å². The van der Waals surface area contributed by atoms with Gasteiger partial charge in [-0.15, -0.1) is 0 Å². The van der Waals surface area contributed by atoms with Crippen LogP contribution in [0.5, 0.6) is 0 Å². The van der Waals surface area contributed by atoms with Crippen LogP contribution in [-0.2, 0) is 11.3 Å². The highest BCUT2D eigenvalue weighted by Crippen LogP contribution is 2.09. The monoisotopic (exact) mass is 220 g/mol. The number of rotatable bonds is 4. The van der Waals surface area contributed by atoms with Gasteiger partial charge in [0, 0.05) is 19.3 Å². The van der Waals surface area contributed by atoms with Gasteiger partial charge in [-0.2, -0.15) is 0 Å². The van der Waals surface area contributed by atoms with E-state index < -0.39 is 0 Å². The Labute approximate surface area is 94.1 Å². The van der Waals surface area contributed by atoms with E-state index in [9.17, 15) is 4.79 Å². The minimum atomic E-state index is 0.124. The maximum Gasteiger partial charge on any atom is 0.242 e. The number of carbonyl (C=O) groups is 1. The minimum Gasteiger partial charge on any atom is -0.346 e. The number of aromatic amines is 1. The van der Waals surface area contributed by atoms with Gasteiger partial charge in [0.2, 0.25) is 5.91 Å². The maximum atomic E-state index is 11.9. The van der Waals surface area contributed by atoms with Crippen molar-refractivity contribution in [3.8, 4) is 0 Å². The first-order chi connectivity index (χ1) is 7.76. The van der Waals surface area contributed by atoms with Gasteiger partial charge in [-0.1, -0.05) is 0 Å². The summed E-state index contributed by atoms with van der Waals surface area (Å²) in [6, 6.07) is 1.90. The predicted molar refractivity (Wildman–Crippen MR) is 62.0 cm³/mol. The third-order valence-corrected chi connectivity index (χ3v) is 2.75. The molecule has 1 N–H and O–H groups in total. The van der Waals surface area contributed by atoms with E-state index in [0.29, 0.717) is 6.54 Å². The SMILES string of the molecule is CCN(CC)C(=O)Cn1cnc2cc[nH]c21. The fraction of sp³-hybridized carbons (Fsp3) is 0.455. The van der Waals surface area contributed by atoms with Gasteiger partial charge in [-0.05, 0) is 19.9 Å². The summed E-state index contributed by atoms with van der Waals surface area (Å²) in [6.45, 7) is 5.81. The predicted octanol–water partition coefficient (Wildman–Crippen LogP) is 1.23. The first kappa shape index (κ1) is 10.7. The Balaban J connectivity index is 2.16. The number of fused-ring (bicyclic) bond motifs is 1. The van der Waals surface area contributed by atoms with Crippen LogP contribution >= 0.6 is 0 Å². The fourth-order valence-electron chi connectivity index (χ4n) is 1.82. The molecule has 5 heteroatoms. The molecule has 0 aliphatic heterocycles. The van der Waals surface area contributed by atoms with E-state index in [2.05, 4.69) is 9.97 Å². The van der Waals surface area contributed by atoms with Gasteiger partial charge in [0.15, 0.2) is 0 Å². The summed E-state index contributed by atoms with van der Waals surface area (Å²) in [5.74, 6) is 0.124. The van der Waals surface area contributed by atoms with Crippen LogP contribution in [0.25, 0.3) is 11.2 Å². The van der Waals surface area contributed by atoms with Crippen LogP contribution in [0, 0.1) is 0 Å². The second-order valence-corrected chi connectivity index (χ2v) is 3.65. The average Bonchev–Trinajstić information content (AvgIpc) is 2.85. The summed E-state index contributed by atoms with van der Waals surface area (Å²) in [4.78, 5) is 21.0. The van der Waals surface area contributed by atoms with Crippen molar-refractivity contribution >= 4 is 17.1 Å². The molecule has 0 atom stereocenters. The lowest BCUT2D eigenvalue weighted by Gasteiger charge is -2.18. The molecule has 2 aromatic rings. The maximum absolute atomic E-state index is 11.9. The number of likely N-dealkylation sites (N-methyl/N-ethyl adjacent to an activating group) is 1. The molecule has 0 fully saturated rings. The summed E-state index contributed by atoms with van der Waals surface area (Å²) in [6.07, 6.45) is 3.53. The standard InChI is InChI=1S/C11H16N4O/c1-3-14(4-2)10(16)7-15-8-13-9-5-6-12-11(9)15/h5-6,8,12H,3-4,7H2,1-2H3. The van der Waals surface area contributed by atoms with Crippen molar-refractivity contribution in [2.45, 2.75) is 20.4 Å². The highest BCUT2D eigenvalue weighted by molar-refractivity contribution is 5.79. The molecule has 16 heavy (non-hydrogen) atoms. The minimum absolute atomic E-state index is 0.124. The zero-order valence-electron chi connectivity index (χ0n) is 9.60. The molecule has 0 spiro atoms. The van der Waals surface area contributed by atoms with Gasteiger partial charge >= 0.3 is 0 Å². The highest BCUT2D eigenvalue weighted by Gasteiger charge is 2.12. The van der Waals surface area contributed by atoms with Gasteiger partial charge in [-0.25, -0.2) is 4.98 Å². The van der Waals surface area contributed by atoms with Crippen molar-refractivity contribution in [3.05, 3.63) is 18.6 Å². The average molecular weight is 220 g/mol. The highest BCUT2D eigenvalue weighted by atomic mass is 16.2. The third kappa shape index (κ3) is 1.80. The number of amides is 1. The molecular formula is C11H16N4O. The fourth-order valence-corrected chi connectivity index (χ4v) is 1.82. The third-order valence-electron chi connectivity index (χ3n) is 2.75. The Morgan fingerprint density at radius 2 is 2.25 bits per heavy atom. The van der Waals surface area contributed by atoms with Crippen molar-refractivity contribution < 1.29 is 4.79 Å². The molecule has 1 amide bonds. The van der Waals surface area contributed by atoms with Crippen LogP contribution in [0.2, 0.25) is 0 Å². The Morgan fingerprint density at radius 1 is 1.50 bits per heavy atom. The quantitative estimate of drug-likeness (QED) is 0.842. The lowest BCUT2D eigenvalue weighted by atomic mass is 10.4. The van der Waals surface area contributed by atoms with E-state index in [1.165, 1.54) is 0 Å². The molecule has 0 aromatic carbocycles. The molecule has 0 saturated carbocycles. The Morgan fingerprint density at radius 3 is 2.94 bits per heavy atom. The largest absolute Gasteiger partial charge is 0.346 e. The molecule has 0 bridgehead atoms. The summed E-state index contributed by atoms with van der Waals surface area (Å²) in [5, 5.41) is 0. The molecule has 0 aliphatic rings. The molecule has 86 valence electrons. The topological polar surface area (TPSA) is 53.9 Å². The molecule has 5 nitrogen and oxygen atoms in total.